The van der Waals surface area contributed by atoms with Crippen molar-refractivity contribution >= 4 is 28.7 Å². The predicted molar refractivity (Wildman–Crippen MR) is 122 cm³/mol. The Morgan fingerprint density at radius 1 is 1.16 bits per heavy atom. The SMILES string of the molecule is CCCCCCN(CCC(=O)O)c1ccc(N=Nc2c(C)cc([N+](=O)[O-])cc2C#N)cc1. The molecule has 9 heteroatoms. The first-order valence-corrected chi connectivity index (χ1v) is 10.5. The highest BCUT2D eigenvalue weighted by atomic mass is 16.6. The highest BCUT2D eigenvalue weighted by molar-refractivity contribution is 5.68. The number of rotatable bonds is 12. The number of hydrogen-bond donors (Lipinski definition) is 1. The molecule has 0 radical (unpaired) electrons. The summed E-state index contributed by atoms with van der Waals surface area (Å²) < 4.78 is 0. The van der Waals surface area contributed by atoms with Gasteiger partial charge in [0.25, 0.3) is 5.69 Å². The fourth-order valence-corrected chi connectivity index (χ4v) is 3.25. The maximum absolute atomic E-state index is 11.0. The van der Waals surface area contributed by atoms with Crippen molar-refractivity contribution in [2.24, 2.45) is 10.2 Å². The maximum atomic E-state index is 11.0. The van der Waals surface area contributed by atoms with Gasteiger partial charge in [-0.25, -0.2) is 0 Å². The van der Waals surface area contributed by atoms with E-state index in [2.05, 4.69) is 22.1 Å². The molecule has 0 aromatic heterocycles. The minimum atomic E-state index is -0.833. The van der Waals surface area contributed by atoms with Crippen LogP contribution in [0.1, 0.15) is 50.2 Å². The molecule has 0 bridgehead atoms. The van der Waals surface area contributed by atoms with Gasteiger partial charge in [0.2, 0.25) is 0 Å². The summed E-state index contributed by atoms with van der Waals surface area (Å²) in [7, 11) is 0. The summed E-state index contributed by atoms with van der Waals surface area (Å²) in [5.41, 5.74) is 2.17. The molecule has 9 nitrogen and oxygen atoms in total. The van der Waals surface area contributed by atoms with Gasteiger partial charge in [-0.05, 0) is 43.2 Å². The number of aliphatic carboxylic acids is 1. The van der Waals surface area contributed by atoms with Gasteiger partial charge in [0.05, 0.1) is 22.6 Å². The Morgan fingerprint density at radius 2 is 1.88 bits per heavy atom. The summed E-state index contributed by atoms with van der Waals surface area (Å²) in [6.07, 6.45) is 4.44. The molecular weight excluding hydrogens is 410 g/mol. The lowest BCUT2D eigenvalue weighted by Crippen LogP contribution is -2.27. The highest BCUT2D eigenvalue weighted by Crippen LogP contribution is 2.30. The molecule has 0 saturated carbocycles. The van der Waals surface area contributed by atoms with Crippen molar-refractivity contribution in [3.63, 3.8) is 0 Å². The number of non-ortho nitro benzene ring substituents is 1. The van der Waals surface area contributed by atoms with Crippen LogP contribution in [0.25, 0.3) is 0 Å². The molecule has 2 aromatic rings. The number of carbonyl (C=O) groups is 1. The van der Waals surface area contributed by atoms with E-state index in [0.29, 0.717) is 23.5 Å². The summed E-state index contributed by atoms with van der Waals surface area (Å²) >= 11 is 0. The molecule has 0 amide bonds. The number of nitro groups is 1. The molecule has 0 heterocycles. The van der Waals surface area contributed by atoms with E-state index in [9.17, 15) is 20.2 Å². The summed E-state index contributed by atoms with van der Waals surface area (Å²) in [6.45, 7) is 4.99. The third-order valence-electron chi connectivity index (χ3n) is 4.97. The van der Waals surface area contributed by atoms with Crippen molar-refractivity contribution in [3.05, 3.63) is 57.6 Å². The van der Waals surface area contributed by atoms with Gasteiger partial charge >= 0.3 is 5.97 Å². The van der Waals surface area contributed by atoms with Crippen LogP contribution in [0.15, 0.2) is 46.6 Å². The first-order valence-electron chi connectivity index (χ1n) is 10.5. The van der Waals surface area contributed by atoms with Crippen LogP contribution in [-0.4, -0.2) is 29.1 Å². The van der Waals surface area contributed by atoms with Crippen LogP contribution in [0.5, 0.6) is 0 Å². The molecule has 0 atom stereocenters. The minimum absolute atomic E-state index is 0.0611. The Morgan fingerprint density at radius 3 is 2.47 bits per heavy atom. The van der Waals surface area contributed by atoms with Crippen LogP contribution in [-0.2, 0) is 4.79 Å². The molecule has 0 unspecified atom stereocenters. The van der Waals surface area contributed by atoms with E-state index in [4.69, 9.17) is 5.11 Å². The summed E-state index contributed by atoms with van der Waals surface area (Å²) in [6, 6.07) is 11.7. The van der Waals surface area contributed by atoms with E-state index in [1.165, 1.54) is 12.1 Å². The van der Waals surface area contributed by atoms with E-state index < -0.39 is 10.9 Å². The monoisotopic (exact) mass is 437 g/mol. The molecule has 1 N–H and O–H groups in total. The standard InChI is InChI=1S/C23H27N5O4/c1-3-4-5-6-12-27(13-11-22(29)30)20-9-7-19(8-10-20)25-26-23-17(2)14-21(28(31)32)15-18(23)16-24/h7-10,14-15H,3-6,11-13H2,1-2H3,(H,29,30). The zero-order valence-electron chi connectivity index (χ0n) is 18.3. The van der Waals surface area contributed by atoms with Gasteiger partial charge in [0, 0.05) is 30.9 Å². The average molecular weight is 438 g/mol. The smallest absolute Gasteiger partial charge is 0.305 e. The largest absolute Gasteiger partial charge is 0.481 e. The number of carboxylic acids is 1. The lowest BCUT2D eigenvalue weighted by Gasteiger charge is -2.24. The zero-order valence-corrected chi connectivity index (χ0v) is 18.3. The molecule has 0 spiro atoms. The van der Waals surface area contributed by atoms with E-state index in [1.807, 2.05) is 18.2 Å². The molecule has 0 aliphatic carbocycles. The second-order valence-corrected chi connectivity index (χ2v) is 7.44. The first-order chi connectivity index (χ1) is 15.3. The number of anilines is 1. The Kier molecular flexibility index (Phi) is 9.29. The minimum Gasteiger partial charge on any atom is -0.481 e. The summed E-state index contributed by atoms with van der Waals surface area (Å²) in [5, 5.41) is 37.7. The number of nitro benzene ring substituents is 1. The van der Waals surface area contributed by atoms with Gasteiger partial charge in [0.1, 0.15) is 11.8 Å². The van der Waals surface area contributed by atoms with Crippen molar-refractivity contribution in [1.82, 2.24) is 0 Å². The molecule has 0 aliphatic rings. The molecule has 0 saturated heterocycles. The second kappa shape index (κ2) is 12.2. The summed E-state index contributed by atoms with van der Waals surface area (Å²) in [5.74, 6) is -0.833. The van der Waals surface area contributed by atoms with E-state index >= 15 is 0 Å². The lowest BCUT2D eigenvalue weighted by molar-refractivity contribution is -0.384. The quantitative estimate of drug-likeness (QED) is 0.186. The number of azo groups is 1. The maximum Gasteiger partial charge on any atom is 0.305 e. The zero-order chi connectivity index (χ0) is 23.5. The van der Waals surface area contributed by atoms with Gasteiger partial charge in [0.15, 0.2) is 0 Å². The van der Waals surface area contributed by atoms with E-state index in [1.54, 1.807) is 19.1 Å². The lowest BCUT2D eigenvalue weighted by atomic mass is 10.1. The van der Waals surface area contributed by atoms with Gasteiger partial charge in [-0.2, -0.15) is 10.4 Å². The van der Waals surface area contributed by atoms with Gasteiger partial charge in [-0.3, -0.25) is 14.9 Å². The van der Waals surface area contributed by atoms with Crippen LogP contribution < -0.4 is 4.90 Å². The fraction of sp³-hybridized carbons (Fsp3) is 0.391. The van der Waals surface area contributed by atoms with Crippen LogP contribution >= 0.6 is 0 Å². The normalized spacial score (nSPS) is 10.8. The number of carboxylic acid groups (broad SMARTS) is 1. The van der Waals surface area contributed by atoms with Crippen molar-refractivity contribution in [1.29, 1.82) is 5.26 Å². The number of nitriles is 1. The number of hydrogen-bond acceptors (Lipinski definition) is 7. The molecule has 168 valence electrons. The fourth-order valence-electron chi connectivity index (χ4n) is 3.25. The first kappa shape index (κ1) is 24.5. The molecule has 0 fully saturated rings. The van der Waals surface area contributed by atoms with Crippen molar-refractivity contribution < 1.29 is 14.8 Å². The Balaban J connectivity index is 2.18. The van der Waals surface area contributed by atoms with Crippen LogP contribution in [0.3, 0.4) is 0 Å². The summed E-state index contributed by atoms with van der Waals surface area (Å²) in [4.78, 5) is 23.5. The molecule has 2 aromatic carbocycles. The second-order valence-electron chi connectivity index (χ2n) is 7.44. The van der Waals surface area contributed by atoms with E-state index in [-0.39, 0.29) is 17.7 Å². The Bertz CT molecular complexity index is 1010. The predicted octanol–water partition coefficient (Wildman–Crippen LogP) is 6.05. The molecular formula is C23H27N5O4. The van der Waals surface area contributed by atoms with E-state index in [0.717, 1.165) is 37.9 Å². The Hall–Kier alpha value is -3.80. The van der Waals surface area contributed by atoms with Crippen molar-refractivity contribution in [2.75, 3.05) is 18.0 Å². The molecule has 2 rings (SSSR count). The van der Waals surface area contributed by atoms with Crippen LogP contribution in [0.4, 0.5) is 22.7 Å². The van der Waals surface area contributed by atoms with Crippen LogP contribution in [0, 0.1) is 28.4 Å². The van der Waals surface area contributed by atoms with Crippen molar-refractivity contribution in [3.8, 4) is 6.07 Å². The number of unbranched alkanes of at least 4 members (excludes halogenated alkanes) is 3. The molecule has 32 heavy (non-hydrogen) atoms. The number of benzene rings is 2. The van der Waals surface area contributed by atoms with Gasteiger partial charge in [-0.1, -0.05) is 26.2 Å². The average Bonchev–Trinajstić information content (AvgIpc) is 2.77. The number of aryl methyl sites for hydroxylation is 1. The Labute approximate surface area is 187 Å². The highest BCUT2D eigenvalue weighted by Gasteiger charge is 2.14. The van der Waals surface area contributed by atoms with Crippen LogP contribution in [0.2, 0.25) is 0 Å². The van der Waals surface area contributed by atoms with Gasteiger partial charge in [-0.15, -0.1) is 5.11 Å². The third kappa shape index (κ3) is 7.16. The number of nitrogens with zero attached hydrogens (tertiary/aromatic N) is 5. The molecule has 0 aliphatic heterocycles. The topological polar surface area (TPSA) is 132 Å². The van der Waals surface area contributed by atoms with Crippen molar-refractivity contribution in [2.45, 2.75) is 46.0 Å². The van der Waals surface area contributed by atoms with Gasteiger partial charge < -0.3 is 10.0 Å². The third-order valence-corrected chi connectivity index (χ3v) is 4.97.